The van der Waals surface area contributed by atoms with Gasteiger partial charge in [0, 0.05) is 32.7 Å². The van der Waals surface area contributed by atoms with Crippen molar-refractivity contribution in [2.75, 3.05) is 27.4 Å². The molecule has 7 heteroatoms. The number of hydrogen-bond acceptors (Lipinski definition) is 6. The second-order valence-corrected chi connectivity index (χ2v) is 5.88. The zero-order chi connectivity index (χ0) is 15.4. The van der Waals surface area contributed by atoms with Gasteiger partial charge in [-0.1, -0.05) is 12.1 Å². The summed E-state index contributed by atoms with van der Waals surface area (Å²) in [6.07, 6.45) is 4.49. The van der Waals surface area contributed by atoms with Crippen LogP contribution in [0, 0.1) is 6.42 Å². The largest absolute Gasteiger partial charge is 0.503 e. The van der Waals surface area contributed by atoms with Crippen molar-refractivity contribution in [1.29, 1.82) is 0 Å². The summed E-state index contributed by atoms with van der Waals surface area (Å²) in [5, 5.41) is 0.853. The second kappa shape index (κ2) is 8.99. The molecule has 0 spiro atoms. The van der Waals surface area contributed by atoms with E-state index in [2.05, 4.69) is 4.98 Å². The summed E-state index contributed by atoms with van der Waals surface area (Å²) in [7, 11) is 3.26. The maximum Gasteiger partial charge on any atom is 0.209 e. The Labute approximate surface area is 165 Å². The Hall–Kier alpha value is -0.656. The molecule has 2 heterocycles. The van der Waals surface area contributed by atoms with Gasteiger partial charge in [-0.2, -0.15) is 0 Å². The van der Waals surface area contributed by atoms with Crippen molar-refractivity contribution in [2.24, 2.45) is 0 Å². The van der Waals surface area contributed by atoms with Crippen LogP contribution < -0.4 is 9.47 Å². The molecule has 2 aromatic rings. The average Bonchev–Trinajstić information content (AvgIpc) is 3.04. The molecule has 0 saturated carbocycles. The molecule has 5 nitrogen and oxygen atoms in total. The fourth-order valence-corrected chi connectivity index (χ4v) is 3.09. The third-order valence-electron chi connectivity index (χ3n) is 3.29. The molecule has 1 aliphatic heterocycles. The summed E-state index contributed by atoms with van der Waals surface area (Å²) in [6, 6.07) is 5.81. The van der Waals surface area contributed by atoms with Crippen LogP contribution >= 0.6 is 11.3 Å². The molecule has 0 bridgehead atoms. The topological polar surface area (TPSA) is 49.8 Å². The van der Waals surface area contributed by atoms with Crippen molar-refractivity contribution >= 4 is 11.3 Å². The molecule has 0 unspecified atom stereocenters. The summed E-state index contributed by atoms with van der Waals surface area (Å²) >= 11 is 1.57. The van der Waals surface area contributed by atoms with Gasteiger partial charge in [0.2, 0.25) is 6.29 Å². The van der Waals surface area contributed by atoms with Crippen LogP contribution in [0.25, 0.3) is 0 Å². The second-order valence-electron chi connectivity index (χ2n) is 4.79. The Bertz CT molecular complexity index is 628. The molecule has 1 radical (unpaired) electrons. The molecule has 1 aliphatic rings. The van der Waals surface area contributed by atoms with E-state index in [9.17, 15) is 0 Å². The first kappa shape index (κ1) is 18.7. The Morgan fingerprint density at radius 2 is 1.91 bits per heavy atom. The van der Waals surface area contributed by atoms with Crippen LogP contribution in [-0.2, 0) is 42.2 Å². The minimum Gasteiger partial charge on any atom is -0.503 e. The van der Waals surface area contributed by atoms with Gasteiger partial charge in [0.1, 0.15) is 16.5 Å². The van der Waals surface area contributed by atoms with Gasteiger partial charge in [-0.3, -0.25) is 4.98 Å². The number of rotatable bonds is 5. The molecule has 23 heavy (non-hydrogen) atoms. The number of nitrogens with zero attached hydrogens (tertiary/aromatic N) is 1. The van der Waals surface area contributed by atoms with E-state index < -0.39 is 0 Å². The van der Waals surface area contributed by atoms with Crippen LogP contribution in [0.3, 0.4) is 0 Å². The van der Waals surface area contributed by atoms with E-state index in [4.69, 9.17) is 18.9 Å². The van der Waals surface area contributed by atoms with Crippen LogP contribution in [0.5, 0.6) is 11.5 Å². The van der Waals surface area contributed by atoms with E-state index in [1.165, 1.54) is 0 Å². The zero-order valence-corrected chi connectivity index (χ0v) is 16.8. The number of thiazole rings is 1. The van der Waals surface area contributed by atoms with Gasteiger partial charge < -0.3 is 18.9 Å². The van der Waals surface area contributed by atoms with Crippen molar-refractivity contribution in [3.8, 4) is 11.5 Å². The van der Waals surface area contributed by atoms with E-state index >= 15 is 0 Å². The maximum atomic E-state index is 5.57. The van der Waals surface area contributed by atoms with Crippen molar-refractivity contribution in [2.45, 2.75) is 12.7 Å². The minimum absolute atomic E-state index is 0. The summed E-state index contributed by atoms with van der Waals surface area (Å²) in [6.45, 7) is 1.44. The van der Waals surface area contributed by atoms with Crippen LogP contribution in [0.4, 0.5) is 0 Å². The Kier molecular flexibility index (Phi) is 7.30. The monoisotopic (exact) mass is 409 g/mol. The van der Waals surface area contributed by atoms with Crippen LogP contribution in [0.2, 0.25) is 0 Å². The minimum atomic E-state index is -0.327. The molecule has 1 aromatic carbocycles. The molecule has 1 aromatic heterocycles. The van der Waals surface area contributed by atoms with E-state index in [1.807, 2.05) is 30.8 Å². The first-order chi connectivity index (χ1) is 10.8. The summed E-state index contributed by atoms with van der Waals surface area (Å²) in [5.74, 6) is 1.42. The van der Waals surface area contributed by atoms with E-state index in [0.717, 1.165) is 35.1 Å². The van der Waals surface area contributed by atoms with E-state index in [0.29, 0.717) is 11.5 Å². The van der Waals surface area contributed by atoms with Gasteiger partial charge in [0.15, 0.2) is 0 Å². The molecule has 0 atom stereocenters. The first-order valence-electron chi connectivity index (χ1n) is 7.06. The van der Waals surface area contributed by atoms with Crippen molar-refractivity contribution < 1.29 is 51.7 Å². The maximum absolute atomic E-state index is 5.57. The normalized spacial score (nSPS) is 14.9. The molecule has 0 aliphatic carbocycles. The molecule has 1 saturated heterocycles. The molecule has 0 amide bonds. The van der Waals surface area contributed by atoms with Gasteiger partial charge in [-0.15, -0.1) is 29.4 Å². The zero-order valence-electron chi connectivity index (χ0n) is 13.2. The summed E-state index contributed by atoms with van der Waals surface area (Å²) in [5.41, 5.74) is 1.03. The molecule has 121 valence electrons. The molecular weight excluding hydrogens is 391 g/mol. The van der Waals surface area contributed by atoms with Gasteiger partial charge in [0.05, 0.1) is 27.4 Å². The summed E-state index contributed by atoms with van der Waals surface area (Å²) in [4.78, 5) is 5.44. The number of aromatic nitrogens is 1. The SMILES string of the molecule is COc1ccc([CH-]c2cnc(C3OCCCO3)s2)cc1OC.[Y]. The van der Waals surface area contributed by atoms with Crippen LogP contribution in [0.15, 0.2) is 24.4 Å². The fraction of sp³-hybridized carbons (Fsp3) is 0.375. The number of ether oxygens (including phenoxy) is 4. The number of hydrogen-bond donors (Lipinski definition) is 0. The smallest absolute Gasteiger partial charge is 0.209 e. The van der Waals surface area contributed by atoms with Gasteiger partial charge >= 0.3 is 0 Å². The average molecular weight is 409 g/mol. The number of methoxy groups -OCH3 is 2. The Morgan fingerprint density at radius 3 is 2.61 bits per heavy atom. The molecule has 0 N–H and O–H groups in total. The third-order valence-corrected chi connectivity index (χ3v) is 4.25. The van der Waals surface area contributed by atoms with Gasteiger partial charge in [0.25, 0.3) is 0 Å². The van der Waals surface area contributed by atoms with Crippen molar-refractivity contribution in [1.82, 2.24) is 4.98 Å². The van der Waals surface area contributed by atoms with Crippen LogP contribution in [-0.4, -0.2) is 32.4 Å². The summed E-state index contributed by atoms with van der Waals surface area (Å²) < 4.78 is 21.7. The van der Waals surface area contributed by atoms with Crippen molar-refractivity contribution in [3.63, 3.8) is 0 Å². The predicted octanol–water partition coefficient (Wildman–Crippen LogP) is 3.19. The van der Waals surface area contributed by atoms with Gasteiger partial charge in [-0.05, 0) is 17.5 Å². The Morgan fingerprint density at radius 1 is 1.17 bits per heavy atom. The number of benzene rings is 1. The predicted molar refractivity (Wildman–Crippen MR) is 83.4 cm³/mol. The van der Waals surface area contributed by atoms with Crippen LogP contribution in [0.1, 0.15) is 28.2 Å². The van der Waals surface area contributed by atoms with E-state index in [-0.39, 0.29) is 39.0 Å². The van der Waals surface area contributed by atoms with E-state index in [1.54, 1.807) is 25.6 Å². The molecule has 3 rings (SSSR count). The standard InChI is InChI=1S/C16H18NO4S.Y/c1-18-13-5-4-11(9-14(13)19-2)8-12-10-17-15(22-12)16-20-6-3-7-21-16;/h4-5,8-10,16H,3,6-7H2,1-2H3;/q-1;. The van der Waals surface area contributed by atoms with Gasteiger partial charge in [-0.25, -0.2) is 0 Å². The molecule has 1 fully saturated rings. The fourth-order valence-electron chi connectivity index (χ4n) is 2.21. The third kappa shape index (κ3) is 4.67. The quantitative estimate of drug-likeness (QED) is 0.710. The Balaban J connectivity index is 0.00000192. The first-order valence-corrected chi connectivity index (χ1v) is 7.87. The molecular formula is C16H18NO4SY-. The van der Waals surface area contributed by atoms with Crippen molar-refractivity contribution in [3.05, 3.63) is 46.3 Å².